The van der Waals surface area contributed by atoms with Crippen molar-refractivity contribution in [3.8, 4) is 5.75 Å². The van der Waals surface area contributed by atoms with Gasteiger partial charge in [0.1, 0.15) is 6.61 Å². The van der Waals surface area contributed by atoms with Gasteiger partial charge in [-0.25, -0.2) is 8.78 Å². The number of hydrogen-bond donors (Lipinski definition) is 0. The van der Waals surface area contributed by atoms with Crippen LogP contribution in [0.3, 0.4) is 0 Å². The highest BCUT2D eigenvalue weighted by Crippen LogP contribution is 2.28. The topological polar surface area (TPSA) is 26.3 Å². The van der Waals surface area contributed by atoms with Crippen LogP contribution in [0, 0.1) is 15.2 Å². The van der Waals surface area contributed by atoms with E-state index in [-0.39, 0.29) is 15.7 Å². The fraction of sp³-hybridized carbons (Fsp3) is 0.0714. The van der Waals surface area contributed by atoms with Crippen LogP contribution in [0.5, 0.6) is 5.75 Å². The molecule has 0 saturated carbocycles. The summed E-state index contributed by atoms with van der Waals surface area (Å²) in [6.45, 7) is 0.0607. The Labute approximate surface area is 122 Å². The summed E-state index contributed by atoms with van der Waals surface area (Å²) in [7, 11) is 0. The lowest BCUT2D eigenvalue weighted by atomic mass is 10.2. The van der Waals surface area contributed by atoms with Crippen LogP contribution in [0.4, 0.5) is 8.78 Å². The van der Waals surface area contributed by atoms with Gasteiger partial charge in [0.15, 0.2) is 23.7 Å². The molecule has 0 aliphatic carbocycles. The summed E-state index contributed by atoms with van der Waals surface area (Å²) >= 11 is 1.65. The van der Waals surface area contributed by atoms with Crippen molar-refractivity contribution < 1.29 is 18.3 Å². The Bertz CT molecular complexity index is 600. The Balaban J connectivity index is 2.26. The zero-order valence-electron chi connectivity index (χ0n) is 9.70. The zero-order valence-corrected chi connectivity index (χ0v) is 11.9. The van der Waals surface area contributed by atoms with Crippen molar-refractivity contribution in [2.75, 3.05) is 0 Å². The summed E-state index contributed by atoms with van der Waals surface area (Å²) in [6.07, 6.45) is 0.412. The molecule has 0 atom stereocenters. The molecule has 0 spiro atoms. The smallest absolute Gasteiger partial charge is 0.192 e. The van der Waals surface area contributed by atoms with Crippen molar-refractivity contribution in [2.24, 2.45) is 0 Å². The first-order chi connectivity index (χ1) is 9.13. The Kier molecular flexibility index (Phi) is 4.47. The average Bonchev–Trinajstić information content (AvgIpc) is 2.44. The second kappa shape index (κ2) is 6.10. The normalized spacial score (nSPS) is 10.3. The second-order valence-corrected chi connectivity index (χ2v) is 4.88. The number of carbonyl (C=O) groups excluding carboxylic acids is 1. The Morgan fingerprint density at radius 3 is 2.53 bits per heavy atom. The third-order valence-electron chi connectivity index (χ3n) is 2.50. The highest BCUT2D eigenvalue weighted by Gasteiger charge is 2.18. The molecule has 19 heavy (non-hydrogen) atoms. The van der Waals surface area contributed by atoms with Crippen LogP contribution in [-0.4, -0.2) is 6.29 Å². The van der Waals surface area contributed by atoms with Crippen LogP contribution in [-0.2, 0) is 6.61 Å². The Hall–Kier alpha value is -1.50. The molecule has 0 aliphatic rings. The summed E-state index contributed by atoms with van der Waals surface area (Å²) in [6, 6.07) is 10.0. The molecular formula is C14H9F2IO2. The molecule has 0 heterocycles. The van der Waals surface area contributed by atoms with Gasteiger partial charge in [-0.15, -0.1) is 0 Å². The van der Waals surface area contributed by atoms with Crippen LogP contribution >= 0.6 is 22.6 Å². The van der Waals surface area contributed by atoms with E-state index >= 15 is 0 Å². The van der Waals surface area contributed by atoms with Crippen molar-refractivity contribution in [3.63, 3.8) is 0 Å². The van der Waals surface area contributed by atoms with E-state index in [1.165, 1.54) is 0 Å². The molecule has 0 unspecified atom stereocenters. The van der Waals surface area contributed by atoms with Gasteiger partial charge in [-0.2, -0.15) is 0 Å². The van der Waals surface area contributed by atoms with Gasteiger partial charge in [0.05, 0.1) is 3.57 Å². The number of benzene rings is 2. The van der Waals surface area contributed by atoms with E-state index in [4.69, 9.17) is 4.74 Å². The van der Waals surface area contributed by atoms with Gasteiger partial charge >= 0.3 is 0 Å². The molecule has 0 amide bonds. The summed E-state index contributed by atoms with van der Waals surface area (Å²) in [5, 5.41) is 0. The number of rotatable bonds is 4. The maximum absolute atomic E-state index is 13.9. The van der Waals surface area contributed by atoms with Gasteiger partial charge in [-0.1, -0.05) is 30.3 Å². The van der Waals surface area contributed by atoms with Crippen LogP contribution in [0.1, 0.15) is 15.9 Å². The summed E-state index contributed by atoms with van der Waals surface area (Å²) in [4.78, 5) is 10.6. The maximum atomic E-state index is 13.9. The molecule has 5 heteroatoms. The Morgan fingerprint density at radius 2 is 1.89 bits per heavy atom. The van der Waals surface area contributed by atoms with Gasteiger partial charge in [-0.3, -0.25) is 4.79 Å². The minimum Gasteiger partial charge on any atom is -0.483 e. The van der Waals surface area contributed by atoms with Gasteiger partial charge in [-0.05, 0) is 34.2 Å². The molecule has 2 nitrogen and oxygen atoms in total. The monoisotopic (exact) mass is 374 g/mol. The first kappa shape index (κ1) is 13.9. The predicted octanol–water partition coefficient (Wildman–Crippen LogP) is 3.96. The highest BCUT2D eigenvalue weighted by atomic mass is 127. The molecule has 0 aromatic heterocycles. The molecule has 98 valence electrons. The molecular weight excluding hydrogens is 365 g/mol. The van der Waals surface area contributed by atoms with E-state index in [1.54, 1.807) is 34.7 Å². The van der Waals surface area contributed by atoms with Gasteiger partial charge in [0.25, 0.3) is 0 Å². The Morgan fingerprint density at radius 1 is 1.21 bits per heavy atom. The average molecular weight is 374 g/mol. The lowest BCUT2D eigenvalue weighted by Crippen LogP contribution is -2.03. The van der Waals surface area contributed by atoms with E-state index in [9.17, 15) is 13.6 Å². The van der Waals surface area contributed by atoms with Crippen molar-refractivity contribution in [1.82, 2.24) is 0 Å². The molecule has 2 aromatic carbocycles. The molecule has 0 aliphatic heterocycles. The molecule has 2 rings (SSSR count). The molecule has 2 aromatic rings. The van der Waals surface area contributed by atoms with Crippen LogP contribution in [0.15, 0.2) is 36.4 Å². The SMILES string of the molecule is O=Cc1cc(F)c(OCc2ccccc2)c(F)c1I. The van der Waals surface area contributed by atoms with Crippen LogP contribution in [0.25, 0.3) is 0 Å². The zero-order chi connectivity index (χ0) is 13.8. The van der Waals surface area contributed by atoms with Crippen molar-refractivity contribution in [2.45, 2.75) is 6.61 Å². The third kappa shape index (κ3) is 3.09. The third-order valence-corrected chi connectivity index (χ3v) is 3.59. The number of carbonyl (C=O) groups is 1. The number of halogens is 3. The minimum absolute atomic E-state index is 0.0253. The summed E-state index contributed by atoms with van der Waals surface area (Å²) < 4.78 is 32.8. The second-order valence-electron chi connectivity index (χ2n) is 3.80. The molecule has 0 radical (unpaired) electrons. The van der Waals surface area contributed by atoms with Crippen molar-refractivity contribution in [1.29, 1.82) is 0 Å². The molecule has 0 saturated heterocycles. The van der Waals surface area contributed by atoms with Crippen LogP contribution < -0.4 is 4.74 Å². The quantitative estimate of drug-likeness (QED) is 0.460. The van der Waals surface area contributed by atoms with E-state index in [1.807, 2.05) is 18.2 Å². The number of aldehydes is 1. The largest absolute Gasteiger partial charge is 0.483 e. The lowest BCUT2D eigenvalue weighted by Gasteiger charge is -2.10. The molecule has 0 N–H and O–H groups in total. The molecule has 0 fully saturated rings. The van der Waals surface area contributed by atoms with E-state index in [0.29, 0.717) is 6.29 Å². The standard InChI is InChI=1S/C14H9F2IO2/c15-11-6-10(7-18)13(17)12(16)14(11)19-8-9-4-2-1-3-5-9/h1-7H,8H2. The number of hydrogen-bond acceptors (Lipinski definition) is 2. The van der Waals surface area contributed by atoms with Crippen molar-refractivity contribution in [3.05, 3.63) is 62.7 Å². The first-order valence-electron chi connectivity index (χ1n) is 5.43. The van der Waals surface area contributed by atoms with Gasteiger partial charge in [0.2, 0.25) is 0 Å². The highest BCUT2D eigenvalue weighted by molar-refractivity contribution is 14.1. The van der Waals surface area contributed by atoms with E-state index in [2.05, 4.69) is 0 Å². The fourth-order valence-corrected chi connectivity index (χ4v) is 2.07. The fourth-order valence-electron chi connectivity index (χ4n) is 1.54. The van der Waals surface area contributed by atoms with Gasteiger partial charge < -0.3 is 4.74 Å². The molecule has 0 bridgehead atoms. The van der Waals surface area contributed by atoms with Gasteiger partial charge in [0, 0.05) is 5.56 Å². The number of ether oxygens (including phenoxy) is 1. The van der Waals surface area contributed by atoms with E-state index < -0.39 is 17.4 Å². The van der Waals surface area contributed by atoms with E-state index in [0.717, 1.165) is 11.6 Å². The maximum Gasteiger partial charge on any atom is 0.192 e. The van der Waals surface area contributed by atoms with Crippen LogP contribution in [0.2, 0.25) is 0 Å². The lowest BCUT2D eigenvalue weighted by molar-refractivity contribution is 0.112. The predicted molar refractivity (Wildman–Crippen MR) is 75.2 cm³/mol. The first-order valence-corrected chi connectivity index (χ1v) is 6.50. The van der Waals surface area contributed by atoms with Crippen molar-refractivity contribution >= 4 is 28.9 Å². The summed E-state index contributed by atoms with van der Waals surface area (Å²) in [5.74, 6) is -2.19. The summed E-state index contributed by atoms with van der Waals surface area (Å²) in [5.41, 5.74) is 0.776. The minimum atomic E-state index is -0.879.